The summed E-state index contributed by atoms with van der Waals surface area (Å²) in [6.45, 7) is 4.97. The van der Waals surface area contributed by atoms with Gasteiger partial charge < -0.3 is 14.6 Å². The lowest BCUT2D eigenvalue weighted by Gasteiger charge is -2.30. The second-order valence-corrected chi connectivity index (χ2v) is 8.20. The van der Waals surface area contributed by atoms with Crippen LogP contribution >= 0.6 is 0 Å². The van der Waals surface area contributed by atoms with Crippen LogP contribution in [0.2, 0.25) is 0 Å². The van der Waals surface area contributed by atoms with Gasteiger partial charge >= 0.3 is 6.36 Å². The summed E-state index contributed by atoms with van der Waals surface area (Å²) >= 11 is 0. The second kappa shape index (κ2) is 8.22. The molecule has 0 spiro atoms. The molecule has 6 nitrogen and oxygen atoms in total. The number of halogens is 3. The summed E-state index contributed by atoms with van der Waals surface area (Å²) < 4.78 is 46.8. The van der Waals surface area contributed by atoms with E-state index in [2.05, 4.69) is 4.74 Å². The smallest absolute Gasteiger partial charge is 0.503 e. The molecule has 3 rings (SSSR count). The van der Waals surface area contributed by atoms with Gasteiger partial charge in [-0.25, -0.2) is 0 Å². The van der Waals surface area contributed by atoms with Gasteiger partial charge in [0.1, 0.15) is 11.5 Å². The minimum Gasteiger partial charge on any atom is -0.503 e. The van der Waals surface area contributed by atoms with Crippen molar-refractivity contribution in [1.29, 1.82) is 0 Å². The third kappa shape index (κ3) is 4.42. The Balaban J connectivity index is 2.15. The number of rotatable bonds is 5. The van der Waals surface area contributed by atoms with Gasteiger partial charge in [-0.2, -0.15) is 0 Å². The molecule has 1 aliphatic heterocycles. The number of methoxy groups -OCH3 is 1. The summed E-state index contributed by atoms with van der Waals surface area (Å²) in [6.07, 6.45) is -4.86. The van der Waals surface area contributed by atoms with Crippen LogP contribution in [0.4, 0.5) is 18.9 Å². The lowest BCUT2D eigenvalue weighted by atomic mass is 9.82. The van der Waals surface area contributed by atoms with Crippen LogP contribution in [0.25, 0.3) is 0 Å². The molecule has 170 valence electrons. The third-order valence-electron chi connectivity index (χ3n) is 4.92. The van der Waals surface area contributed by atoms with E-state index in [1.54, 1.807) is 45.0 Å². The number of carbonyl (C=O) groups excluding carboxylic acids is 2. The average Bonchev–Trinajstić information content (AvgIpc) is 2.97. The largest absolute Gasteiger partial charge is 0.573 e. The van der Waals surface area contributed by atoms with Crippen molar-refractivity contribution in [3.8, 4) is 11.5 Å². The summed E-state index contributed by atoms with van der Waals surface area (Å²) in [6, 6.07) is 10.3. The molecule has 1 atom stereocenters. The first-order valence-corrected chi connectivity index (χ1v) is 9.65. The highest BCUT2D eigenvalue weighted by molar-refractivity contribution is 6.17. The quantitative estimate of drug-likeness (QED) is 0.687. The molecule has 1 N–H and O–H groups in total. The van der Waals surface area contributed by atoms with Gasteiger partial charge in [-0.1, -0.05) is 39.0 Å². The fourth-order valence-electron chi connectivity index (χ4n) is 3.50. The van der Waals surface area contributed by atoms with Crippen LogP contribution < -0.4 is 14.4 Å². The van der Waals surface area contributed by atoms with E-state index < -0.39 is 41.0 Å². The van der Waals surface area contributed by atoms with Gasteiger partial charge in [0.25, 0.3) is 5.91 Å². The number of ketones is 1. The van der Waals surface area contributed by atoms with Gasteiger partial charge in [-0.15, -0.1) is 13.2 Å². The molecule has 2 aromatic carbocycles. The lowest BCUT2D eigenvalue weighted by molar-refractivity contribution is -0.274. The zero-order chi connectivity index (χ0) is 23.8. The molecule has 2 aromatic rings. The van der Waals surface area contributed by atoms with Crippen molar-refractivity contribution >= 4 is 17.4 Å². The highest BCUT2D eigenvalue weighted by Gasteiger charge is 2.47. The van der Waals surface area contributed by atoms with E-state index in [1.165, 1.54) is 19.2 Å². The molecule has 1 heterocycles. The van der Waals surface area contributed by atoms with E-state index >= 15 is 0 Å². The number of aliphatic hydroxyl groups is 1. The first kappa shape index (κ1) is 23.2. The zero-order valence-electron chi connectivity index (χ0n) is 17.9. The van der Waals surface area contributed by atoms with Crippen molar-refractivity contribution in [2.45, 2.75) is 33.2 Å². The van der Waals surface area contributed by atoms with E-state index in [9.17, 15) is 27.9 Å². The van der Waals surface area contributed by atoms with Crippen LogP contribution in [-0.2, 0) is 9.59 Å². The van der Waals surface area contributed by atoms with Crippen LogP contribution in [0.15, 0.2) is 59.9 Å². The number of hydrogen-bond acceptors (Lipinski definition) is 5. The highest BCUT2D eigenvalue weighted by Crippen LogP contribution is 2.46. The summed E-state index contributed by atoms with van der Waals surface area (Å²) in [5, 5.41) is 10.7. The minimum absolute atomic E-state index is 0.109. The number of carbonyl (C=O) groups is 2. The molecule has 0 aliphatic carbocycles. The molecule has 1 unspecified atom stereocenters. The molecule has 1 amide bonds. The fourth-order valence-corrected chi connectivity index (χ4v) is 3.50. The van der Waals surface area contributed by atoms with Crippen LogP contribution in [0.5, 0.6) is 11.5 Å². The molecule has 1 aliphatic rings. The van der Waals surface area contributed by atoms with Crippen molar-refractivity contribution in [3.63, 3.8) is 0 Å². The van der Waals surface area contributed by atoms with Gasteiger partial charge in [0.2, 0.25) is 0 Å². The molecule has 0 radical (unpaired) electrons. The van der Waals surface area contributed by atoms with E-state index in [0.717, 1.165) is 17.0 Å². The van der Waals surface area contributed by atoms with Gasteiger partial charge in [0.15, 0.2) is 11.5 Å². The van der Waals surface area contributed by atoms with Gasteiger partial charge in [-0.3, -0.25) is 14.5 Å². The Kier molecular flexibility index (Phi) is 5.95. The van der Waals surface area contributed by atoms with E-state index in [0.29, 0.717) is 11.3 Å². The monoisotopic (exact) mass is 449 g/mol. The fraction of sp³-hybridized carbons (Fsp3) is 0.304. The van der Waals surface area contributed by atoms with E-state index in [4.69, 9.17) is 4.74 Å². The maximum Gasteiger partial charge on any atom is 0.573 e. The SMILES string of the molecule is COc1ccccc1C1C(C(=O)C(C)(C)C)=C(O)C(=O)N1c1ccc(OC(F)(F)F)cc1. The van der Waals surface area contributed by atoms with Crippen molar-refractivity contribution in [1.82, 2.24) is 0 Å². The molecule has 0 bridgehead atoms. The Labute approximate surface area is 182 Å². The minimum atomic E-state index is -4.86. The number of para-hydroxylation sites is 1. The number of aliphatic hydroxyl groups excluding tert-OH is 1. The first-order valence-electron chi connectivity index (χ1n) is 9.65. The number of nitrogens with zero attached hydrogens (tertiary/aromatic N) is 1. The number of Topliss-reactive ketones (excluding diaryl/α,β-unsaturated/α-hetero) is 1. The Morgan fingerprint density at radius 1 is 1.03 bits per heavy atom. The predicted molar refractivity (Wildman–Crippen MR) is 110 cm³/mol. The lowest BCUT2D eigenvalue weighted by Crippen LogP contribution is -2.33. The molecule has 9 heteroatoms. The molecular formula is C23H22F3NO5. The first-order chi connectivity index (χ1) is 14.8. The Bertz CT molecular complexity index is 1070. The topological polar surface area (TPSA) is 76.1 Å². The molecule has 0 saturated carbocycles. The number of amides is 1. The van der Waals surface area contributed by atoms with Crippen LogP contribution in [-0.4, -0.2) is 30.3 Å². The van der Waals surface area contributed by atoms with Crippen LogP contribution in [0.1, 0.15) is 32.4 Å². The van der Waals surface area contributed by atoms with Gasteiger partial charge in [0, 0.05) is 16.7 Å². The van der Waals surface area contributed by atoms with E-state index in [1.807, 2.05) is 0 Å². The standard InChI is InChI=1S/C23H22F3NO5/c1-22(2,3)20(29)17-18(15-7-5-6-8-16(15)31-4)27(21(30)19(17)28)13-9-11-14(12-10-13)32-23(24,25)26/h5-12,18,28H,1-4H3. The number of anilines is 1. The Hall–Kier alpha value is -3.49. The van der Waals surface area contributed by atoms with Crippen LogP contribution in [0.3, 0.4) is 0 Å². The molecular weight excluding hydrogens is 427 g/mol. The summed E-state index contributed by atoms with van der Waals surface area (Å²) in [5.74, 6) is -2.10. The summed E-state index contributed by atoms with van der Waals surface area (Å²) in [7, 11) is 1.43. The van der Waals surface area contributed by atoms with Crippen LogP contribution in [0, 0.1) is 5.41 Å². The van der Waals surface area contributed by atoms with E-state index in [-0.39, 0.29) is 11.3 Å². The molecule has 32 heavy (non-hydrogen) atoms. The number of benzene rings is 2. The van der Waals surface area contributed by atoms with Crippen molar-refractivity contribution in [3.05, 3.63) is 65.4 Å². The van der Waals surface area contributed by atoms with Gasteiger partial charge in [0.05, 0.1) is 18.7 Å². The number of hydrogen-bond donors (Lipinski definition) is 1. The molecule has 0 saturated heterocycles. The third-order valence-corrected chi connectivity index (χ3v) is 4.92. The average molecular weight is 449 g/mol. The predicted octanol–water partition coefficient (Wildman–Crippen LogP) is 5.11. The molecule has 0 fully saturated rings. The second-order valence-electron chi connectivity index (χ2n) is 8.20. The maximum absolute atomic E-state index is 13.2. The van der Waals surface area contributed by atoms with Gasteiger partial charge in [-0.05, 0) is 30.3 Å². The summed E-state index contributed by atoms with van der Waals surface area (Å²) in [4.78, 5) is 27.4. The van der Waals surface area contributed by atoms with Crippen molar-refractivity contribution < 1.29 is 37.3 Å². The number of ether oxygens (including phenoxy) is 2. The highest BCUT2D eigenvalue weighted by atomic mass is 19.4. The Morgan fingerprint density at radius 3 is 2.16 bits per heavy atom. The molecule has 0 aromatic heterocycles. The maximum atomic E-state index is 13.2. The van der Waals surface area contributed by atoms with Crippen molar-refractivity contribution in [2.75, 3.05) is 12.0 Å². The number of alkyl halides is 3. The van der Waals surface area contributed by atoms with Crippen molar-refractivity contribution in [2.24, 2.45) is 5.41 Å². The normalized spacial score (nSPS) is 17.0. The zero-order valence-corrected chi connectivity index (χ0v) is 17.9. The summed E-state index contributed by atoms with van der Waals surface area (Å²) in [5.41, 5.74) is -0.411. The Morgan fingerprint density at radius 2 is 1.62 bits per heavy atom.